The predicted molar refractivity (Wildman–Crippen MR) is 116 cm³/mol. The maximum atomic E-state index is 12.5. The number of hydrogen-bond donors (Lipinski definition) is 2. The first-order valence-corrected chi connectivity index (χ1v) is 10.2. The lowest BCUT2D eigenvalue weighted by atomic mass is 10.0. The quantitative estimate of drug-likeness (QED) is 0.598. The molecule has 2 aromatic carbocycles. The minimum Gasteiger partial charge on any atom is -0.450 e. The average molecular weight is 409 g/mol. The van der Waals surface area contributed by atoms with Crippen LogP contribution >= 0.6 is 0 Å². The lowest BCUT2D eigenvalue weighted by Crippen LogP contribution is -2.49. The van der Waals surface area contributed by atoms with E-state index in [-0.39, 0.29) is 18.4 Å². The van der Waals surface area contributed by atoms with Gasteiger partial charge < -0.3 is 19.9 Å². The fourth-order valence-electron chi connectivity index (χ4n) is 3.23. The molecule has 0 bridgehead atoms. The molecule has 1 aromatic heterocycles. The Labute approximate surface area is 176 Å². The summed E-state index contributed by atoms with van der Waals surface area (Å²) in [4.78, 5) is 28.6. The molecule has 30 heavy (non-hydrogen) atoms. The Hall–Kier alpha value is -3.35. The van der Waals surface area contributed by atoms with Gasteiger partial charge in [-0.25, -0.2) is 9.78 Å². The molecule has 1 heterocycles. The zero-order valence-electron chi connectivity index (χ0n) is 17.6. The molecule has 7 nitrogen and oxygen atoms in total. The number of hydrogen-bond acceptors (Lipinski definition) is 4. The van der Waals surface area contributed by atoms with E-state index in [2.05, 4.69) is 26.3 Å². The topological polar surface area (TPSA) is 85.2 Å². The molecule has 2 amide bonds. The number of benzene rings is 2. The second kappa shape index (κ2) is 9.91. The monoisotopic (exact) mass is 408 g/mol. The molecule has 3 rings (SSSR count). The van der Waals surface area contributed by atoms with Gasteiger partial charge in [0.05, 0.1) is 24.0 Å². The van der Waals surface area contributed by atoms with Gasteiger partial charge in [0.2, 0.25) is 5.91 Å². The van der Waals surface area contributed by atoms with E-state index in [1.807, 2.05) is 62.6 Å². The first-order chi connectivity index (χ1) is 14.5. The van der Waals surface area contributed by atoms with Crippen LogP contribution in [0.15, 0.2) is 54.9 Å². The highest BCUT2D eigenvalue weighted by Crippen LogP contribution is 2.14. The molecule has 0 saturated heterocycles. The normalized spacial score (nSPS) is 12.0. The van der Waals surface area contributed by atoms with Gasteiger partial charge in [-0.15, -0.1) is 0 Å². The SMILES string of the molecule is CCOC(=O)NC(C(=O)NCc1ccc(Cn2cnc3ccccc32)cc1)C(C)C. The smallest absolute Gasteiger partial charge is 0.407 e. The van der Waals surface area contributed by atoms with Crippen LogP contribution in [0.3, 0.4) is 0 Å². The van der Waals surface area contributed by atoms with Crippen LogP contribution in [0.2, 0.25) is 0 Å². The van der Waals surface area contributed by atoms with Crippen LogP contribution in [0, 0.1) is 5.92 Å². The highest BCUT2D eigenvalue weighted by atomic mass is 16.5. The van der Waals surface area contributed by atoms with Gasteiger partial charge in [-0.3, -0.25) is 4.79 Å². The van der Waals surface area contributed by atoms with E-state index >= 15 is 0 Å². The minimum atomic E-state index is -0.641. The van der Waals surface area contributed by atoms with Gasteiger partial charge >= 0.3 is 6.09 Å². The lowest BCUT2D eigenvalue weighted by Gasteiger charge is -2.21. The largest absolute Gasteiger partial charge is 0.450 e. The summed E-state index contributed by atoms with van der Waals surface area (Å²) in [5.41, 5.74) is 4.22. The maximum absolute atomic E-state index is 12.5. The standard InChI is InChI=1S/C23H28N4O3/c1-4-30-23(29)26-21(16(2)3)22(28)24-13-17-9-11-18(12-10-17)14-27-15-25-19-7-5-6-8-20(19)27/h5-12,15-16,21H,4,13-14H2,1-3H3,(H,24,28)(H,26,29). The van der Waals surface area contributed by atoms with Crippen LogP contribution in [0.5, 0.6) is 0 Å². The van der Waals surface area contributed by atoms with Crippen molar-refractivity contribution in [1.29, 1.82) is 0 Å². The summed E-state index contributed by atoms with van der Waals surface area (Å²) in [5, 5.41) is 5.51. The Morgan fingerprint density at radius 3 is 2.47 bits per heavy atom. The molecule has 2 N–H and O–H groups in total. The number of alkyl carbamates (subject to hydrolysis) is 1. The third-order valence-corrected chi connectivity index (χ3v) is 4.87. The molecule has 0 spiro atoms. The Morgan fingerprint density at radius 1 is 1.07 bits per heavy atom. The molecule has 158 valence electrons. The third-order valence-electron chi connectivity index (χ3n) is 4.87. The van der Waals surface area contributed by atoms with Crippen molar-refractivity contribution in [2.45, 2.75) is 39.9 Å². The van der Waals surface area contributed by atoms with Crippen LogP contribution in [0.25, 0.3) is 11.0 Å². The highest BCUT2D eigenvalue weighted by Gasteiger charge is 2.24. The molecule has 0 aliphatic heterocycles. The molecule has 1 unspecified atom stereocenters. The van der Waals surface area contributed by atoms with E-state index in [9.17, 15) is 9.59 Å². The third kappa shape index (κ3) is 5.37. The number of nitrogens with one attached hydrogen (secondary N) is 2. The van der Waals surface area contributed by atoms with Gasteiger partial charge in [0.1, 0.15) is 6.04 Å². The zero-order valence-corrected chi connectivity index (χ0v) is 17.6. The highest BCUT2D eigenvalue weighted by molar-refractivity contribution is 5.85. The number of fused-ring (bicyclic) bond motifs is 1. The zero-order chi connectivity index (χ0) is 21.5. The maximum Gasteiger partial charge on any atom is 0.407 e. The number of ether oxygens (including phenoxy) is 1. The van der Waals surface area contributed by atoms with Crippen LogP contribution in [-0.4, -0.2) is 34.2 Å². The lowest BCUT2D eigenvalue weighted by molar-refractivity contribution is -0.124. The van der Waals surface area contributed by atoms with Crippen molar-refractivity contribution in [3.63, 3.8) is 0 Å². The Kier molecular flexibility index (Phi) is 7.06. The number of aromatic nitrogens is 2. The molecule has 0 aliphatic carbocycles. The Balaban J connectivity index is 1.57. The summed E-state index contributed by atoms with van der Waals surface area (Å²) < 4.78 is 6.99. The van der Waals surface area contributed by atoms with Crippen LogP contribution in [0.4, 0.5) is 4.79 Å². The molecular weight excluding hydrogens is 380 g/mol. The minimum absolute atomic E-state index is 0.0539. The van der Waals surface area contributed by atoms with Crippen molar-refractivity contribution in [2.75, 3.05) is 6.61 Å². The van der Waals surface area contributed by atoms with Crippen LogP contribution < -0.4 is 10.6 Å². The fraction of sp³-hybridized carbons (Fsp3) is 0.348. The molecule has 0 saturated carbocycles. The number of amides is 2. The molecule has 1 atom stereocenters. The number of imidazole rings is 1. The summed E-state index contributed by atoms with van der Waals surface area (Å²) in [7, 11) is 0. The van der Waals surface area contributed by atoms with Crippen molar-refractivity contribution in [3.05, 3.63) is 66.0 Å². The first kappa shape index (κ1) is 21.4. The average Bonchev–Trinajstić information content (AvgIpc) is 3.14. The number of carbonyl (C=O) groups is 2. The van der Waals surface area contributed by atoms with Crippen LogP contribution in [-0.2, 0) is 22.6 Å². The molecule has 0 aliphatic rings. The van der Waals surface area contributed by atoms with Crippen molar-refractivity contribution in [1.82, 2.24) is 20.2 Å². The van der Waals surface area contributed by atoms with E-state index < -0.39 is 12.1 Å². The fourth-order valence-corrected chi connectivity index (χ4v) is 3.23. The molecule has 3 aromatic rings. The van der Waals surface area contributed by atoms with Crippen molar-refractivity contribution < 1.29 is 14.3 Å². The summed E-state index contributed by atoms with van der Waals surface area (Å²) in [5.74, 6) is -0.284. The second-order valence-corrected chi connectivity index (χ2v) is 7.48. The van der Waals surface area contributed by atoms with Crippen molar-refractivity contribution >= 4 is 23.0 Å². The van der Waals surface area contributed by atoms with E-state index in [1.54, 1.807) is 6.92 Å². The summed E-state index contributed by atoms with van der Waals surface area (Å²) >= 11 is 0. The molecular formula is C23H28N4O3. The summed E-state index contributed by atoms with van der Waals surface area (Å²) in [6.07, 6.45) is 1.27. The number of carbonyl (C=O) groups excluding carboxylic acids is 2. The van der Waals surface area contributed by atoms with Gasteiger partial charge in [-0.05, 0) is 36.1 Å². The van der Waals surface area contributed by atoms with E-state index in [0.29, 0.717) is 6.54 Å². The summed E-state index contributed by atoms with van der Waals surface area (Å²) in [6.45, 7) is 6.87. The summed E-state index contributed by atoms with van der Waals surface area (Å²) in [6, 6.07) is 15.5. The van der Waals surface area contributed by atoms with Gasteiger partial charge in [0, 0.05) is 13.1 Å². The number of para-hydroxylation sites is 2. The van der Waals surface area contributed by atoms with E-state index in [0.717, 1.165) is 28.7 Å². The first-order valence-electron chi connectivity index (χ1n) is 10.2. The molecule has 7 heteroatoms. The molecule has 0 radical (unpaired) electrons. The van der Waals surface area contributed by atoms with Gasteiger partial charge in [-0.2, -0.15) is 0 Å². The van der Waals surface area contributed by atoms with E-state index in [4.69, 9.17) is 4.74 Å². The van der Waals surface area contributed by atoms with Gasteiger partial charge in [-0.1, -0.05) is 50.2 Å². The Bertz CT molecular complexity index is 995. The Morgan fingerprint density at radius 2 is 1.77 bits per heavy atom. The van der Waals surface area contributed by atoms with Crippen molar-refractivity contribution in [2.24, 2.45) is 5.92 Å². The van der Waals surface area contributed by atoms with Crippen LogP contribution in [0.1, 0.15) is 31.9 Å². The van der Waals surface area contributed by atoms with E-state index in [1.165, 1.54) is 0 Å². The predicted octanol–water partition coefficient (Wildman–Crippen LogP) is 3.47. The number of rotatable bonds is 8. The van der Waals surface area contributed by atoms with Gasteiger partial charge in [0.25, 0.3) is 0 Å². The number of nitrogens with zero attached hydrogens (tertiary/aromatic N) is 2. The second-order valence-electron chi connectivity index (χ2n) is 7.48. The molecule has 0 fully saturated rings. The van der Waals surface area contributed by atoms with Gasteiger partial charge in [0.15, 0.2) is 0 Å². The van der Waals surface area contributed by atoms with Crippen molar-refractivity contribution in [3.8, 4) is 0 Å².